The second-order valence-corrected chi connectivity index (χ2v) is 4.47. The molecule has 0 aliphatic carbocycles. The second kappa shape index (κ2) is 7.93. The number of methoxy groups -OCH3 is 1. The number of hydrogen-bond donors (Lipinski definition) is 1. The lowest BCUT2D eigenvalue weighted by Crippen LogP contribution is -2.08. The third-order valence-corrected chi connectivity index (χ3v) is 2.89. The van der Waals surface area contributed by atoms with Crippen LogP contribution in [-0.4, -0.2) is 19.6 Å². The summed E-state index contributed by atoms with van der Waals surface area (Å²) < 4.78 is 34.1. The summed E-state index contributed by atoms with van der Waals surface area (Å²) in [4.78, 5) is 11.9. The van der Waals surface area contributed by atoms with Crippen LogP contribution in [0.4, 0.5) is 14.5 Å². The van der Waals surface area contributed by atoms with E-state index in [4.69, 9.17) is 4.74 Å². The second-order valence-electron chi connectivity index (χ2n) is 4.47. The fourth-order valence-electron chi connectivity index (χ4n) is 1.87. The molecule has 6 heteroatoms. The summed E-state index contributed by atoms with van der Waals surface area (Å²) in [7, 11) is 1.53. The van der Waals surface area contributed by atoms with Crippen molar-refractivity contribution in [3.05, 3.63) is 60.2 Å². The Labute approximate surface area is 132 Å². The van der Waals surface area contributed by atoms with Gasteiger partial charge in [-0.25, -0.2) is 0 Å². The van der Waals surface area contributed by atoms with Gasteiger partial charge < -0.3 is 14.8 Å². The van der Waals surface area contributed by atoms with Crippen molar-refractivity contribution in [2.75, 3.05) is 12.4 Å². The Bertz CT molecular complexity index is 702. The van der Waals surface area contributed by atoms with Gasteiger partial charge in [0.05, 0.1) is 7.11 Å². The summed E-state index contributed by atoms with van der Waals surface area (Å²) in [5.74, 6) is 0.223. The number of halogens is 2. The van der Waals surface area contributed by atoms with Crippen molar-refractivity contribution < 1.29 is 23.0 Å². The van der Waals surface area contributed by atoms with Gasteiger partial charge in [0.2, 0.25) is 5.91 Å². The van der Waals surface area contributed by atoms with Gasteiger partial charge in [0.15, 0.2) is 0 Å². The van der Waals surface area contributed by atoms with Crippen molar-refractivity contribution in [3.63, 3.8) is 0 Å². The molecule has 0 bridgehead atoms. The van der Waals surface area contributed by atoms with E-state index in [9.17, 15) is 13.6 Å². The predicted octanol–water partition coefficient (Wildman–Crippen LogP) is 3.95. The molecular formula is C17H15F2NO3. The van der Waals surface area contributed by atoms with E-state index < -0.39 is 12.5 Å². The maximum atomic E-state index is 12.3. The van der Waals surface area contributed by atoms with Gasteiger partial charge in [0, 0.05) is 23.4 Å². The number of hydrogen-bond acceptors (Lipinski definition) is 3. The minimum Gasteiger partial charge on any atom is -0.497 e. The smallest absolute Gasteiger partial charge is 0.387 e. The van der Waals surface area contributed by atoms with E-state index in [-0.39, 0.29) is 5.75 Å². The van der Waals surface area contributed by atoms with E-state index in [1.165, 1.54) is 25.3 Å². The lowest BCUT2D eigenvalue weighted by Gasteiger charge is -2.07. The summed E-state index contributed by atoms with van der Waals surface area (Å²) in [6, 6.07) is 13.1. The van der Waals surface area contributed by atoms with Crippen LogP contribution < -0.4 is 14.8 Å². The number of para-hydroxylation sites is 1. The molecule has 2 aromatic rings. The Morgan fingerprint density at radius 1 is 1.17 bits per heavy atom. The molecule has 0 aromatic heterocycles. The maximum Gasteiger partial charge on any atom is 0.387 e. The van der Waals surface area contributed by atoms with Crippen LogP contribution in [0.15, 0.2) is 54.6 Å². The molecular weight excluding hydrogens is 304 g/mol. The Balaban J connectivity index is 2.06. The average Bonchev–Trinajstić information content (AvgIpc) is 2.53. The van der Waals surface area contributed by atoms with Crippen molar-refractivity contribution in [1.29, 1.82) is 0 Å². The predicted molar refractivity (Wildman–Crippen MR) is 83.7 cm³/mol. The highest BCUT2D eigenvalue weighted by Crippen LogP contribution is 2.22. The number of nitrogens with one attached hydrogen (secondary N) is 1. The highest BCUT2D eigenvalue weighted by Gasteiger charge is 2.07. The molecule has 4 nitrogen and oxygen atoms in total. The molecule has 0 unspecified atom stereocenters. The number of ether oxygens (including phenoxy) is 2. The number of amides is 1. The van der Waals surface area contributed by atoms with E-state index in [2.05, 4.69) is 10.1 Å². The zero-order chi connectivity index (χ0) is 16.7. The van der Waals surface area contributed by atoms with Gasteiger partial charge in [-0.2, -0.15) is 8.78 Å². The van der Waals surface area contributed by atoms with Gasteiger partial charge in [0.1, 0.15) is 11.5 Å². The first kappa shape index (κ1) is 16.5. The monoisotopic (exact) mass is 319 g/mol. The third-order valence-electron chi connectivity index (χ3n) is 2.89. The van der Waals surface area contributed by atoms with Crippen molar-refractivity contribution in [2.24, 2.45) is 0 Å². The standard InChI is InChI=1S/C17H15F2NO3/c1-22-14-7-4-6-13(11-14)20-16(21)10-9-12-5-2-3-8-15(12)23-17(18)19/h2-11,17H,1H3,(H,20,21)/b10-9+. The molecule has 1 N–H and O–H groups in total. The fraction of sp³-hybridized carbons (Fsp3) is 0.118. The summed E-state index contributed by atoms with van der Waals surface area (Å²) in [5.41, 5.74) is 0.949. The van der Waals surface area contributed by atoms with E-state index >= 15 is 0 Å². The van der Waals surface area contributed by atoms with E-state index in [0.29, 0.717) is 17.0 Å². The lowest BCUT2D eigenvalue weighted by molar-refractivity contribution is -0.111. The summed E-state index contributed by atoms with van der Waals surface area (Å²) in [5, 5.41) is 2.65. The van der Waals surface area contributed by atoms with Crippen molar-refractivity contribution in [2.45, 2.75) is 6.61 Å². The maximum absolute atomic E-state index is 12.3. The number of benzene rings is 2. The molecule has 0 heterocycles. The van der Waals surface area contributed by atoms with Crippen LogP contribution in [0.1, 0.15) is 5.56 Å². The molecule has 0 aliphatic rings. The number of anilines is 1. The van der Waals surface area contributed by atoms with Gasteiger partial charge in [0.25, 0.3) is 0 Å². The van der Waals surface area contributed by atoms with E-state index in [1.54, 1.807) is 42.5 Å². The molecule has 2 aromatic carbocycles. The van der Waals surface area contributed by atoms with Gasteiger partial charge in [-0.1, -0.05) is 24.3 Å². The first-order chi connectivity index (χ1) is 11.1. The fourth-order valence-corrected chi connectivity index (χ4v) is 1.87. The van der Waals surface area contributed by atoms with Crippen LogP contribution in [0, 0.1) is 0 Å². The molecule has 0 spiro atoms. The molecule has 2 rings (SSSR count). The molecule has 0 saturated heterocycles. The first-order valence-corrected chi connectivity index (χ1v) is 6.75. The quantitative estimate of drug-likeness (QED) is 0.820. The minimum absolute atomic E-state index is 0.00734. The highest BCUT2D eigenvalue weighted by atomic mass is 19.3. The first-order valence-electron chi connectivity index (χ1n) is 6.75. The Morgan fingerprint density at radius 3 is 2.70 bits per heavy atom. The van der Waals surface area contributed by atoms with Gasteiger partial charge in [-0.3, -0.25) is 4.79 Å². The normalized spacial score (nSPS) is 10.8. The number of carbonyl (C=O) groups excluding carboxylic acids is 1. The van der Waals surface area contributed by atoms with Crippen LogP contribution >= 0.6 is 0 Å². The number of rotatable bonds is 6. The largest absolute Gasteiger partial charge is 0.497 e. The van der Waals surface area contributed by atoms with Crippen LogP contribution in [0.2, 0.25) is 0 Å². The lowest BCUT2D eigenvalue weighted by atomic mass is 10.2. The molecule has 23 heavy (non-hydrogen) atoms. The SMILES string of the molecule is COc1cccc(NC(=O)/C=C/c2ccccc2OC(F)F)c1. The topological polar surface area (TPSA) is 47.6 Å². The molecule has 120 valence electrons. The number of alkyl halides is 2. The summed E-state index contributed by atoms with van der Waals surface area (Å²) in [6.07, 6.45) is 2.65. The zero-order valence-electron chi connectivity index (χ0n) is 12.3. The number of carbonyl (C=O) groups is 1. The van der Waals surface area contributed by atoms with Crippen molar-refractivity contribution in [1.82, 2.24) is 0 Å². The van der Waals surface area contributed by atoms with Gasteiger partial charge in [-0.05, 0) is 24.3 Å². The minimum atomic E-state index is -2.92. The molecule has 0 radical (unpaired) electrons. The Kier molecular flexibility index (Phi) is 5.68. The summed E-state index contributed by atoms with van der Waals surface area (Å²) in [6.45, 7) is -2.92. The molecule has 0 fully saturated rings. The van der Waals surface area contributed by atoms with Crippen molar-refractivity contribution >= 4 is 17.7 Å². The highest BCUT2D eigenvalue weighted by molar-refractivity contribution is 6.02. The Hall–Kier alpha value is -2.89. The molecule has 0 aliphatic heterocycles. The zero-order valence-corrected chi connectivity index (χ0v) is 12.3. The van der Waals surface area contributed by atoms with E-state index in [0.717, 1.165) is 0 Å². The average molecular weight is 319 g/mol. The van der Waals surface area contributed by atoms with Crippen LogP contribution in [-0.2, 0) is 4.79 Å². The molecule has 0 atom stereocenters. The third kappa shape index (κ3) is 5.10. The molecule has 0 saturated carbocycles. The Morgan fingerprint density at radius 2 is 1.96 bits per heavy atom. The van der Waals surface area contributed by atoms with Crippen LogP contribution in [0.5, 0.6) is 11.5 Å². The summed E-state index contributed by atoms with van der Waals surface area (Å²) >= 11 is 0. The molecule has 1 amide bonds. The van der Waals surface area contributed by atoms with Gasteiger partial charge in [-0.15, -0.1) is 0 Å². The van der Waals surface area contributed by atoms with Crippen LogP contribution in [0.25, 0.3) is 6.08 Å². The van der Waals surface area contributed by atoms with Crippen LogP contribution in [0.3, 0.4) is 0 Å². The van der Waals surface area contributed by atoms with Gasteiger partial charge >= 0.3 is 6.61 Å². The van der Waals surface area contributed by atoms with Crippen molar-refractivity contribution in [3.8, 4) is 11.5 Å². The van der Waals surface area contributed by atoms with E-state index in [1.807, 2.05) is 0 Å².